The zero-order valence-corrected chi connectivity index (χ0v) is 12.4. The Labute approximate surface area is 121 Å². The largest absolute Gasteiger partial charge is 0.395 e. The Morgan fingerprint density at radius 1 is 0.950 bits per heavy atom. The molecular formula is C14H28N4O2. The van der Waals surface area contributed by atoms with Crippen molar-refractivity contribution in [2.24, 2.45) is 0 Å². The lowest BCUT2D eigenvalue weighted by Gasteiger charge is -2.28. The van der Waals surface area contributed by atoms with Gasteiger partial charge >= 0.3 is 0 Å². The number of carbonyl (C=O) groups is 1. The Kier molecular flexibility index (Phi) is 6.72. The van der Waals surface area contributed by atoms with Crippen LogP contribution in [-0.2, 0) is 4.79 Å². The van der Waals surface area contributed by atoms with Gasteiger partial charge in [-0.15, -0.1) is 0 Å². The molecule has 6 nitrogen and oxygen atoms in total. The third-order valence-corrected chi connectivity index (χ3v) is 4.21. The predicted octanol–water partition coefficient (Wildman–Crippen LogP) is -1.19. The van der Waals surface area contributed by atoms with E-state index < -0.39 is 0 Å². The molecule has 0 atom stereocenters. The van der Waals surface area contributed by atoms with E-state index in [0.29, 0.717) is 12.3 Å². The fourth-order valence-electron chi connectivity index (χ4n) is 2.94. The van der Waals surface area contributed by atoms with Crippen molar-refractivity contribution in [3.8, 4) is 0 Å². The lowest BCUT2D eigenvalue weighted by Crippen LogP contribution is -2.47. The number of nitrogens with one attached hydrogen (secondary N) is 1. The predicted molar refractivity (Wildman–Crippen MR) is 78.6 cm³/mol. The topological polar surface area (TPSA) is 59.1 Å². The third kappa shape index (κ3) is 5.01. The van der Waals surface area contributed by atoms with Crippen molar-refractivity contribution in [3.05, 3.63) is 0 Å². The zero-order valence-electron chi connectivity index (χ0n) is 12.4. The van der Waals surface area contributed by atoms with Crippen LogP contribution in [0.5, 0.6) is 0 Å². The van der Waals surface area contributed by atoms with E-state index in [1.165, 1.54) is 0 Å². The van der Waals surface area contributed by atoms with E-state index in [0.717, 1.165) is 71.9 Å². The summed E-state index contributed by atoms with van der Waals surface area (Å²) in [6.07, 6.45) is 1.77. The Bertz CT molecular complexity index is 295. The van der Waals surface area contributed by atoms with E-state index >= 15 is 0 Å². The van der Waals surface area contributed by atoms with Gasteiger partial charge in [0.2, 0.25) is 5.91 Å². The number of carbonyl (C=O) groups excluding carboxylic acids is 1. The molecule has 2 fully saturated rings. The van der Waals surface area contributed by atoms with Gasteiger partial charge in [-0.25, -0.2) is 0 Å². The SMILES string of the molecule is O=C(CCN1CCCN(CCO)CC1)N1CCNCC1. The average molecular weight is 284 g/mol. The summed E-state index contributed by atoms with van der Waals surface area (Å²) in [4.78, 5) is 18.8. The number of β-amino-alcohol motifs (C(OH)–C–C–N with tert-alkyl or cyclic N) is 1. The summed E-state index contributed by atoms with van der Waals surface area (Å²) in [5.74, 6) is 0.294. The maximum atomic E-state index is 12.1. The van der Waals surface area contributed by atoms with E-state index in [9.17, 15) is 4.79 Å². The number of aliphatic hydroxyl groups is 1. The number of hydrogen-bond donors (Lipinski definition) is 2. The minimum Gasteiger partial charge on any atom is -0.395 e. The molecule has 0 radical (unpaired) electrons. The number of aliphatic hydroxyl groups excluding tert-OH is 1. The molecule has 1 amide bonds. The molecule has 0 unspecified atom stereocenters. The number of piperazine rings is 1. The molecule has 0 aromatic heterocycles. The average Bonchev–Trinajstić information content (AvgIpc) is 2.71. The Hall–Kier alpha value is -0.690. The smallest absolute Gasteiger partial charge is 0.223 e. The van der Waals surface area contributed by atoms with Crippen LogP contribution in [0.2, 0.25) is 0 Å². The Balaban J connectivity index is 1.66. The van der Waals surface area contributed by atoms with Crippen molar-refractivity contribution in [3.63, 3.8) is 0 Å². The molecule has 0 aromatic rings. The van der Waals surface area contributed by atoms with E-state index in [-0.39, 0.29) is 6.61 Å². The van der Waals surface area contributed by atoms with Gasteiger partial charge < -0.3 is 20.2 Å². The first-order valence-electron chi connectivity index (χ1n) is 7.83. The summed E-state index contributed by atoms with van der Waals surface area (Å²) in [5.41, 5.74) is 0. The second kappa shape index (κ2) is 8.56. The number of nitrogens with zero attached hydrogens (tertiary/aromatic N) is 3. The molecule has 20 heavy (non-hydrogen) atoms. The molecule has 2 N–H and O–H groups in total. The van der Waals surface area contributed by atoms with Crippen LogP contribution < -0.4 is 5.32 Å². The first kappa shape index (κ1) is 15.7. The van der Waals surface area contributed by atoms with Crippen molar-refractivity contribution in [2.75, 3.05) is 72.1 Å². The summed E-state index contributed by atoms with van der Waals surface area (Å²) < 4.78 is 0. The highest BCUT2D eigenvalue weighted by Gasteiger charge is 2.18. The zero-order chi connectivity index (χ0) is 14.2. The van der Waals surface area contributed by atoms with Gasteiger partial charge in [0.1, 0.15) is 0 Å². The van der Waals surface area contributed by atoms with Gasteiger partial charge in [-0.05, 0) is 19.5 Å². The molecule has 0 spiro atoms. The van der Waals surface area contributed by atoms with Crippen molar-refractivity contribution in [1.29, 1.82) is 0 Å². The van der Waals surface area contributed by atoms with Crippen LogP contribution in [0.4, 0.5) is 0 Å². The fourth-order valence-corrected chi connectivity index (χ4v) is 2.94. The number of amides is 1. The molecule has 0 aliphatic carbocycles. The first-order chi connectivity index (χ1) is 9.79. The normalized spacial score (nSPS) is 22.8. The van der Waals surface area contributed by atoms with Crippen LogP contribution in [0.1, 0.15) is 12.8 Å². The summed E-state index contributed by atoms with van der Waals surface area (Å²) >= 11 is 0. The molecule has 0 aromatic carbocycles. The van der Waals surface area contributed by atoms with Crippen LogP contribution in [0.15, 0.2) is 0 Å². The van der Waals surface area contributed by atoms with Gasteiger partial charge in [0.15, 0.2) is 0 Å². The molecule has 2 heterocycles. The molecule has 0 saturated carbocycles. The third-order valence-electron chi connectivity index (χ3n) is 4.21. The van der Waals surface area contributed by atoms with Gasteiger partial charge in [0.25, 0.3) is 0 Å². The van der Waals surface area contributed by atoms with E-state index in [1.54, 1.807) is 0 Å². The Morgan fingerprint density at radius 3 is 2.25 bits per heavy atom. The molecule has 2 saturated heterocycles. The van der Waals surface area contributed by atoms with Crippen molar-refractivity contribution >= 4 is 5.91 Å². The molecule has 2 aliphatic heterocycles. The second-order valence-corrected chi connectivity index (χ2v) is 5.64. The fraction of sp³-hybridized carbons (Fsp3) is 0.929. The standard InChI is InChI=1S/C14H28N4O2/c19-13-12-17-6-1-5-16(10-11-17)7-2-14(20)18-8-3-15-4-9-18/h15,19H,1-13H2. The van der Waals surface area contributed by atoms with E-state index in [1.807, 2.05) is 4.90 Å². The van der Waals surface area contributed by atoms with Gasteiger partial charge in [-0.2, -0.15) is 0 Å². The second-order valence-electron chi connectivity index (χ2n) is 5.64. The highest BCUT2D eigenvalue weighted by molar-refractivity contribution is 5.76. The van der Waals surface area contributed by atoms with Crippen LogP contribution in [-0.4, -0.2) is 97.8 Å². The van der Waals surface area contributed by atoms with Crippen molar-refractivity contribution in [2.45, 2.75) is 12.8 Å². The first-order valence-corrected chi connectivity index (χ1v) is 7.83. The molecule has 2 rings (SSSR count). The number of rotatable bonds is 5. The maximum absolute atomic E-state index is 12.1. The summed E-state index contributed by atoms with van der Waals surface area (Å²) in [6.45, 7) is 9.56. The molecule has 116 valence electrons. The molecule has 6 heteroatoms. The molecule has 0 bridgehead atoms. The van der Waals surface area contributed by atoms with Crippen LogP contribution in [0.25, 0.3) is 0 Å². The summed E-state index contributed by atoms with van der Waals surface area (Å²) in [7, 11) is 0. The molecule has 2 aliphatic rings. The minimum atomic E-state index is 0.238. The highest BCUT2D eigenvalue weighted by Crippen LogP contribution is 2.05. The van der Waals surface area contributed by atoms with Crippen molar-refractivity contribution < 1.29 is 9.90 Å². The summed E-state index contributed by atoms with van der Waals surface area (Å²) in [5, 5.41) is 12.3. The number of hydrogen-bond acceptors (Lipinski definition) is 5. The highest BCUT2D eigenvalue weighted by atomic mass is 16.3. The van der Waals surface area contributed by atoms with E-state index in [4.69, 9.17) is 5.11 Å². The lowest BCUT2D eigenvalue weighted by molar-refractivity contribution is -0.132. The van der Waals surface area contributed by atoms with Crippen LogP contribution in [0.3, 0.4) is 0 Å². The lowest BCUT2D eigenvalue weighted by atomic mass is 10.3. The minimum absolute atomic E-state index is 0.238. The maximum Gasteiger partial charge on any atom is 0.223 e. The van der Waals surface area contributed by atoms with Gasteiger partial charge in [0, 0.05) is 58.8 Å². The van der Waals surface area contributed by atoms with Crippen molar-refractivity contribution in [1.82, 2.24) is 20.0 Å². The molecular weight excluding hydrogens is 256 g/mol. The van der Waals surface area contributed by atoms with Gasteiger partial charge in [-0.1, -0.05) is 0 Å². The summed E-state index contributed by atoms with van der Waals surface area (Å²) in [6, 6.07) is 0. The van der Waals surface area contributed by atoms with E-state index in [2.05, 4.69) is 15.1 Å². The quantitative estimate of drug-likeness (QED) is 0.665. The Morgan fingerprint density at radius 2 is 1.60 bits per heavy atom. The van der Waals surface area contributed by atoms with Crippen LogP contribution >= 0.6 is 0 Å². The van der Waals surface area contributed by atoms with Gasteiger partial charge in [0.05, 0.1) is 6.61 Å². The van der Waals surface area contributed by atoms with Gasteiger partial charge in [-0.3, -0.25) is 9.69 Å². The monoisotopic (exact) mass is 284 g/mol. The van der Waals surface area contributed by atoms with Crippen LogP contribution in [0, 0.1) is 0 Å².